The summed E-state index contributed by atoms with van der Waals surface area (Å²) in [6.07, 6.45) is 1.80. The normalized spacial score (nSPS) is 20.0. The molecule has 0 radical (unpaired) electrons. The molecule has 0 bridgehead atoms. The Hall–Kier alpha value is -2.64. The third-order valence-electron chi connectivity index (χ3n) is 5.50. The molecule has 0 spiro atoms. The van der Waals surface area contributed by atoms with Crippen LogP contribution in [0.3, 0.4) is 0 Å². The minimum Gasteiger partial charge on any atom is -0.495 e. The van der Waals surface area contributed by atoms with Crippen molar-refractivity contribution in [2.75, 3.05) is 31.7 Å². The number of hydrogen-bond acceptors (Lipinski definition) is 6. The van der Waals surface area contributed by atoms with Crippen molar-refractivity contribution in [3.63, 3.8) is 0 Å². The van der Waals surface area contributed by atoms with Gasteiger partial charge in [0.25, 0.3) is 11.8 Å². The van der Waals surface area contributed by atoms with E-state index in [-0.39, 0.29) is 24.3 Å². The number of hydrogen-bond donors (Lipinski definition) is 1. The molecule has 1 N–H and O–H groups in total. The van der Waals surface area contributed by atoms with Gasteiger partial charge < -0.3 is 14.7 Å². The van der Waals surface area contributed by atoms with Crippen LogP contribution in [0.5, 0.6) is 5.75 Å². The number of nitrogens with zero attached hydrogens (tertiary/aromatic N) is 2. The van der Waals surface area contributed by atoms with Crippen LogP contribution in [0.25, 0.3) is 5.57 Å². The van der Waals surface area contributed by atoms with Gasteiger partial charge in [-0.2, -0.15) is 0 Å². The van der Waals surface area contributed by atoms with E-state index in [9.17, 15) is 14.7 Å². The minimum atomic E-state index is -0.333. The first kappa shape index (κ1) is 19.7. The van der Waals surface area contributed by atoms with Crippen molar-refractivity contribution < 1.29 is 19.4 Å². The van der Waals surface area contributed by atoms with Crippen LogP contribution >= 0.6 is 11.3 Å². The fourth-order valence-corrected chi connectivity index (χ4v) is 4.83. The van der Waals surface area contributed by atoms with Crippen LogP contribution in [-0.2, 0) is 9.59 Å². The second-order valence-corrected chi connectivity index (χ2v) is 8.41. The van der Waals surface area contributed by atoms with Gasteiger partial charge in [0.15, 0.2) is 0 Å². The molecule has 1 aromatic carbocycles. The zero-order valence-corrected chi connectivity index (χ0v) is 17.4. The molecule has 3 heterocycles. The number of benzene rings is 1. The highest BCUT2D eigenvalue weighted by molar-refractivity contribution is 7.11. The van der Waals surface area contributed by atoms with Gasteiger partial charge in [0.1, 0.15) is 11.4 Å². The summed E-state index contributed by atoms with van der Waals surface area (Å²) in [6.45, 7) is 3.26. The van der Waals surface area contributed by atoms with Crippen LogP contribution in [0.4, 0.5) is 5.69 Å². The Morgan fingerprint density at radius 3 is 2.76 bits per heavy atom. The molecule has 1 atom stereocenters. The lowest BCUT2D eigenvalue weighted by atomic mass is 9.98. The summed E-state index contributed by atoms with van der Waals surface area (Å²) in [5, 5.41) is 11.5. The third kappa shape index (κ3) is 3.45. The van der Waals surface area contributed by atoms with Gasteiger partial charge in [0.05, 0.1) is 18.4 Å². The van der Waals surface area contributed by atoms with Gasteiger partial charge in [-0.05, 0) is 54.8 Å². The average Bonchev–Trinajstić information content (AvgIpc) is 3.34. The highest BCUT2D eigenvalue weighted by Gasteiger charge is 2.44. The molecule has 0 aliphatic carbocycles. The largest absolute Gasteiger partial charge is 0.495 e. The number of aryl methyl sites for hydroxylation is 1. The summed E-state index contributed by atoms with van der Waals surface area (Å²) in [6, 6.07) is 9.21. The number of methoxy groups -OCH3 is 1. The Balaban J connectivity index is 1.82. The zero-order chi connectivity index (χ0) is 20.5. The van der Waals surface area contributed by atoms with Crippen molar-refractivity contribution >= 4 is 34.4 Å². The van der Waals surface area contributed by atoms with Gasteiger partial charge >= 0.3 is 0 Å². The van der Waals surface area contributed by atoms with E-state index in [1.807, 2.05) is 35.4 Å². The van der Waals surface area contributed by atoms with Gasteiger partial charge in [0, 0.05) is 24.6 Å². The molecule has 6 nitrogen and oxygen atoms in total. The Bertz CT molecular complexity index is 967. The lowest BCUT2D eigenvalue weighted by Crippen LogP contribution is -2.40. The Labute approximate surface area is 174 Å². The van der Waals surface area contributed by atoms with Crippen LogP contribution in [0.15, 0.2) is 41.4 Å². The van der Waals surface area contributed by atoms with Gasteiger partial charge in [-0.1, -0.05) is 12.1 Å². The molecular formula is C22H24N2O4S. The van der Waals surface area contributed by atoms with Crippen LogP contribution in [0, 0.1) is 12.8 Å². The Morgan fingerprint density at radius 2 is 2.07 bits per heavy atom. The van der Waals surface area contributed by atoms with E-state index in [2.05, 4.69) is 0 Å². The Morgan fingerprint density at radius 1 is 1.24 bits per heavy atom. The fourth-order valence-electron chi connectivity index (χ4n) is 4.07. The fraction of sp³-hybridized carbons (Fsp3) is 0.364. The lowest BCUT2D eigenvalue weighted by molar-refractivity contribution is -0.120. The van der Waals surface area contributed by atoms with Gasteiger partial charge in [0.2, 0.25) is 0 Å². The molecule has 1 aromatic heterocycles. The lowest BCUT2D eigenvalue weighted by Gasteiger charge is -2.34. The van der Waals surface area contributed by atoms with Crippen molar-refractivity contribution in [3.05, 3.63) is 51.8 Å². The summed E-state index contributed by atoms with van der Waals surface area (Å²) < 4.78 is 5.44. The summed E-state index contributed by atoms with van der Waals surface area (Å²) in [5.74, 6) is -0.0781. The first-order valence-electron chi connectivity index (χ1n) is 9.72. The summed E-state index contributed by atoms with van der Waals surface area (Å²) in [4.78, 5) is 31.1. The number of aliphatic hydroxyl groups excluding tert-OH is 1. The number of aliphatic hydroxyl groups is 1. The van der Waals surface area contributed by atoms with E-state index in [0.717, 1.165) is 23.3 Å². The number of rotatable bonds is 5. The van der Waals surface area contributed by atoms with E-state index in [0.29, 0.717) is 35.8 Å². The number of carbonyl (C=O) groups excluding carboxylic acids is 2. The summed E-state index contributed by atoms with van der Waals surface area (Å²) >= 11 is 1.45. The molecular weight excluding hydrogens is 388 g/mol. The number of likely N-dealkylation sites (tertiary alicyclic amines) is 1. The van der Waals surface area contributed by atoms with Gasteiger partial charge in [-0.3, -0.25) is 9.59 Å². The Kier molecular flexibility index (Phi) is 5.43. The molecule has 1 fully saturated rings. The zero-order valence-electron chi connectivity index (χ0n) is 16.6. The molecule has 2 amide bonds. The van der Waals surface area contributed by atoms with Gasteiger partial charge in [-0.15, -0.1) is 11.3 Å². The number of anilines is 1. The third-order valence-corrected chi connectivity index (χ3v) is 6.38. The predicted octanol–water partition coefficient (Wildman–Crippen LogP) is 3.05. The van der Waals surface area contributed by atoms with Crippen LogP contribution in [0.1, 0.15) is 23.3 Å². The maximum absolute atomic E-state index is 13.6. The minimum absolute atomic E-state index is 0.0790. The molecule has 2 aliphatic heterocycles. The summed E-state index contributed by atoms with van der Waals surface area (Å²) in [7, 11) is 1.53. The monoisotopic (exact) mass is 412 g/mol. The first-order valence-corrected chi connectivity index (χ1v) is 10.6. The number of ether oxygens (including phenoxy) is 1. The van der Waals surface area contributed by atoms with Gasteiger partial charge in [-0.25, -0.2) is 4.90 Å². The molecule has 0 saturated carbocycles. The molecule has 4 rings (SSSR count). The molecule has 1 unspecified atom stereocenters. The maximum Gasteiger partial charge on any atom is 0.282 e. The van der Waals surface area contributed by atoms with E-state index < -0.39 is 0 Å². The number of piperidine rings is 1. The van der Waals surface area contributed by atoms with E-state index in [1.165, 1.54) is 23.3 Å². The second-order valence-electron chi connectivity index (χ2n) is 7.46. The van der Waals surface area contributed by atoms with E-state index in [1.54, 1.807) is 12.1 Å². The molecule has 1 saturated heterocycles. The standard InChI is InChI=1S/C22H24N2O4S/c1-14-7-8-17(28-2)16(11-14)24-21(26)19(18-6-4-10-29-18)20(22(24)27)23-9-3-5-15(12-23)13-25/h4,6-8,10-11,15,25H,3,5,9,12-13H2,1-2H3. The van der Waals surface area contributed by atoms with E-state index in [4.69, 9.17) is 4.74 Å². The quantitative estimate of drug-likeness (QED) is 0.765. The molecule has 29 heavy (non-hydrogen) atoms. The maximum atomic E-state index is 13.6. The number of imide groups is 1. The van der Waals surface area contributed by atoms with Crippen molar-refractivity contribution in [1.29, 1.82) is 0 Å². The number of thiophene rings is 1. The average molecular weight is 413 g/mol. The van der Waals surface area contributed by atoms with Crippen molar-refractivity contribution in [2.45, 2.75) is 19.8 Å². The first-order chi connectivity index (χ1) is 14.0. The topological polar surface area (TPSA) is 70.1 Å². The smallest absolute Gasteiger partial charge is 0.282 e. The number of carbonyl (C=O) groups is 2. The highest BCUT2D eigenvalue weighted by Crippen LogP contribution is 2.40. The highest BCUT2D eigenvalue weighted by atomic mass is 32.1. The molecule has 2 aliphatic rings. The van der Waals surface area contributed by atoms with Crippen molar-refractivity contribution in [1.82, 2.24) is 4.90 Å². The predicted molar refractivity (Wildman–Crippen MR) is 113 cm³/mol. The second kappa shape index (κ2) is 8.00. The molecule has 152 valence electrons. The van der Waals surface area contributed by atoms with Crippen molar-refractivity contribution in [2.24, 2.45) is 5.92 Å². The van der Waals surface area contributed by atoms with Crippen LogP contribution < -0.4 is 9.64 Å². The molecule has 2 aromatic rings. The SMILES string of the molecule is COc1ccc(C)cc1N1C(=O)C(c2cccs2)=C(N2CCCC(CO)C2)C1=O. The van der Waals surface area contributed by atoms with Crippen LogP contribution in [-0.4, -0.2) is 48.6 Å². The summed E-state index contributed by atoms with van der Waals surface area (Å²) in [5.41, 5.74) is 2.26. The number of amides is 2. The van der Waals surface area contributed by atoms with E-state index >= 15 is 0 Å². The van der Waals surface area contributed by atoms with Crippen molar-refractivity contribution in [3.8, 4) is 5.75 Å². The van der Waals surface area contributed by atoms with Crippen LogP contribution in [0.2, 0.25) is 0 Å². The molecule has 7 heteroatoms.